The Morgan fingerprint density at radius 1 is 1.03 bits per heavy atom. The summed E-state index contributed by atoms with van der Waals surface area (Å²) >= 11 is 0. The van der Waals surface area contributed by atoms with Gasteiger partial charge in [0.2, 0.25) is 0 Å². The second kappa shape index (κ2) is 8.86. The molecule has 1 aliphatic heterocycles. The lowest BCUT2D eigenvalue weighted by Crippen LogP contribution is -2.61. The van der Waals surface area contributed by atoms with Crippen LogP contribution >= 0.6 is 0 Å². The fourth-order valence-electron chi connectivity index (χ4n) is 4.21. The van der Waals surface area contributed by atoms with Crippen LogP contribution in [0.1, 0.15) is 43.9 Å². The summed E-state index contributed by atoms with van der Waals surface area (Å²) in [4.78, 5) is 14.2. The van der Waals surface area contributed by atoms with Crippen LogP contribution in [0.15, 0.2) is 59.5 Å². The van der Waals surface area contributed by atoms with E-state index in [-0.39, 0.29) is 16.7 Å². The van der Waals surface area contributed by atoms with Crippen LogP contribution in [0.5, 0.6) is 0 Å². The van der Waals surface area contributed by atoms with Crippen LogP contribution in [-0.2, 0) is 20.8 Å². The van der Waals surface area contributed by atoms with Crippen LogP contribution in [0.2, 0.25) is 0 Å². The van der Waals surface area contributed by atoms with E-state index in [1.165, 1.54) is 6.07 Å². The molecule has 174 valence electrons. The maximum absolute atomic E-state index is 13.3. The Morgan fingerprint density at radius 2 is 1.62 bits per heavy atom. The molecule has 1 saturated heterocycles. The number of benzene rings is 2. The van der Waals surface area contributed by atoms with Gasteiger partial charge in [-0.2, -0.15) is 13.2 Å². The largest absolute Gasteiger partial charge is 0.416 e. The van der Waals surface area contributed by atoms with Gasteiger partial charge in [0.05, 0.1) is 15.2 Å². The Labute approximate surface area is 186 Å². The van der Waals surface area contributed by atoms with Crippen molar-refractivity contribution < 1.29 is 32.1 Å². The number of piperidine rings is 1. The molecular weight excluding hydrogens is 441 g/mol. The smallest absolute Gasteiger partial charge is 0.343 e. The molecule has 0 spiro atoms. The summed E-state index contributed by atoms with van der Waals surface area (Å²) in [5, 5.41) is 0. The van der Waals surface area contributed by atoms with Gasteiger partial charge in [-0.25, -0.2) is 8.42 Å². The van der Waals surface area contributed by atoms with Crippen LogP contribution in [0.25, 0.3) is 0 Å². The number of likely N-dealkylation sites (tertiary alicyclic amines) is 1. The number of sulfone groups is 1. The number of carbonyl (C=O) groups is 1. The third kappa shape index (κ3) is 4.68. The molecule has 1 fully saturated rings. The first-order valence-electron chi connectivity index (χ1n) is 10.4. The van der Waals surface area contributed by atoms with E-state index in [0.717, 1.165) is 17.7 Å². The molecule has 9 heteroatoms. The van der Waals surface area contributed by atoms with Crippen LogP contribution in [-0.4, -0.2) is 37.1 Å². The minimum Gasteiger partial charge on any atom is -0.343 e. The summed E-state index contributed by atoms with van der Waals surface area (Å²) in [6, 6.07) is 12.6. The Hall–Kier alpha value is -2.39. The maximum Gasteiger partial charge on any atom is 0.416 e. The van der Waals surface area contributed by atoms with E-state index in [1.807, 2.05) is 30.3 Å². The van der Waals surface area contributed by atoms with Gasteiger partial charge in [0.15, 0.2) is 15.9 Å². The number of alkyl halides is 3. The molecule has 2 aromatic rings. The average molecular weight is 470 g/mol. The van der Waals surface area contributed by atoms with Crippen molar-refractivity contribution in [3.63, 3.8) is 0 Å². The normalized spacial score (nSPS) is 17.2. The molecule has 1 amide bonds. The number of hydrogen-bond acceptors (Lipinski definition) is 3. The minimum absolute atomic E-state index is 0.117. The first-order valence-corrected chi connectivity index (χ1v) is 11.9. The summed E-state index contributed by atoms with van der Waals surface area (Å²) in [6.45, 7) is 3.87. The summed E-state index contributed by atoms with van der Waals surface area (Å²) in [6.07, 6.45) is -3.73. The number of nitrogens with zero attached hydrogens (tertiary/aromatic N) is 1. The predicted octanol–water partition coefficient (Wildman–Crippen LogP) is 3.48. The van der Waals surface area contributed by atoms with Gasteiger partial charge in [-0.3, -0.25) is 4.79 Å². The molecule has 32 heavy (non-hydrogen) atoms. The van der Waals surface area contributed by atoms with Gasteiger partial charge in [-0.15, -0.1) is 0 Å². The third-order valence-electron chi connectivity index (χ3n) is 6.45. The average Bonchev–Trinajstić information content (AvgIpc) is 2.78. The first kappa shape index (κ1) is 24.3. The molecule has 1 atom stereocenters. The Bertz CT molecular complexity index is 1060. The fraction of sp³-hybridized carbons (Fsp3) is 0.435. The molecule has 3 rings (SSSR count). The Morgan fingerprint density at radius 3 is 2.19 bits per heavy atom. The molecule has 0 aliphatic carbocycles. The van der Waals surface area contributed by atoms with E-state index in [9.17, 15) is 26.4 Å². The molecule has 5 nitrogen and oxygen atoms in total. The van der Waals surface area contributed by atoms with Gasteiger partial charge in [0.25, 0.3) is 5.91 Å². The van der Waals surface area contributed by atoms with Crippen molar-refractivity contribution in [3.8, 4) is 0 Å². The molecule has 2 aromatic carbocycles. The highest BCUT2D eigenvalue weighted by Crippen LogP contribution is 2.39. The molecular formula is C23H28F3N2O3S+. The number of carbonyl (C=O) groups excluding carboxylic acids is 1. The first-order chi connectivity index (χ1) is 14.9. The Balaban J connectivity index is 1.73. The van der Waals surface area contributed by atoms with Gasteiger partial charge < -0.3 is 10.6 Å². The topological polar surface area (TPSA) is 82.1 Å². The molecule has 3 N–H and O–H groups in total. The van der Waals surface area contributed by atoms with Gasteiger partial charge in [-0.1, -0.05) is 36.4 Å². The molecule has 1 heterocycles. The zero-order valence-electron chi connectivity index (χ0n) is 18.1. The number of rotatable bonds is 5. The lowest BCUT2D eigenvalue weighted by atomic mass is 9.85. The number of amides is 1. The lowest BCUT2D eigenvalue weighted by molar-refractivity contribution is -0.412. The number of quaternary nitrogens is 1. The monoisotopic (exact) mass is 469 g/mol. The van der Waals surface area contributed by atoms with E-state index in [0.29, 0.717) is 32.0 Å². The third-order valence-corrected chi connectivity index (χ3v) is 9.05. The van der Waals surface area contributed by atoms with Crippen LogP contribution in [0.3, 0.4) is 0 Å². The summed E-state index contributed by atoms with van der Waals surface area (Å²) in [7, 11) is -4.03. The van der Waals surface area contributed by atoms with Crippen molar-refractivity contribution in [2.45, 2.75) is 48.5 Å². The van der Waals surface area contributed by atoms with E-state index in [4.69, 9.17) is 0 Å². The van der Waals surface area contributed by atoms with Gasteiger partial charge in [0.1, 0.15) is 0 Å². The van der Waals surface area contributed by atoms with Gasteiger partial charge in [-0.05, 0) is 50.8 Å². The minimum atomic E-state index is -4.62. The van der Waals surface area contributed by atoms with E-state index < -0.39 is 32.4 Å². The van der Waals surface area contributed by atoms with E-state index >= 15 is 0 Å². The van der Waals surface area contributed by atoms with Gasteiger partial charge in [0, 0.05) is 18.7 Å². The summed E-state index contributed by atoms with van der Waals surface area (Å²) in [5.41, 5.74) is 3.80. The van der Waals surface area contributed by atoms with Crippen molar-refractivity contribution >= 4 is 15.7 Å². The quantitative estimate of drug-likeness (QED) is 0.728. The van der Waals surface area contributed by atoms with Crippen molar-refractivity contribution in [2.24, 2.45) is 5.92 Å². The molecule has 0 saturated carbocycles. The van der Waals surface area contributed by atoms with Crippen molar-refractivity contribution in [2.75, 3.05) is 13.1 Å². The SMILES string of the molecule is CC(C)(C1CCN(C(=O)[C@@H]([NH3+])c2ccccc2)CC1)S(=O)(=O)c1cccc(C(F)(F)F)c1. The highest BCUT2D eigenvalue weighted by molar-refractivity contribution is 7.92. The van der Waals surface area contributed by atoms with E-state index in [2.05, 4.69) is 5.73 Å². The number of hydrogen-bond donors (Lipinski definition) is 1. The lowest BCUT2D eigenvalue weighted by Gasteiger charge is -2.40. The van der Waals surface area contributed by atoms with Crippen LogP contribution < -0.4 is 5.73 Å². The van der Waals surface area contributed by atoms with Crippen molar-refractivity contribution in [1.29, 1.82) is 0 Å². The second-order valence-electron chi connectivity index (χ2n) is 8.70. The van der Waals surface area contributed by atoms with E-state index in [1.54, 1.807) is 18.7 Å². The van der Waals surface area contributed by atoms with Crippen LogP contribution in [0.4, 0.5) is 13.2 Å². The fourth-order valence-corrected chi connectivity index (χ4v) is 6.03. The highest BCUT2D eigenvalue weighted by Gasteiger charge is 2.45. The maximum atomic E-state index is 13.3. The zero-order chi connectivity index (χ0) is 23.7. The zero-order valence-corrected chi connectivity index (χ0v) is 18.9. The number of halogens is 3. The molecule has 0 unspecified atom stereocenters. The molecule has 1 aliphatic rings. The molecule has 0 aromatic heterocycles. The molecule has 0 radical (unpaired) electrons. The Kier molecular flexibility index (Phi) is 6.72. The summed E-state index contributed by atoms with van der Waals surface area (Å²) < 4.78 is 64.5. The molecule has 0 bridgehead atoms. The van der Waals surface area contributed by atoms with Crippen molar-refractivity contribution in [3.05, 3.63) is 65.7 Å². The van der Waals surface area contributed by atoms with Crippen LogP contribution in [0, 0.1) is 5.92 Å². The second-order valence-corrected chi connectivity index (χ2v) is 11.2. The predicted molar refractivity (Wildman–Crippen MR) is 114 cm³/mol. The van der Waals surface area contributed by atoms with Gasteiger partial charge >= 0.3 is 6.18 Å². The summed E-state index contributed by atoms with van der Waals surface area (Å²) in [5.74, 6) is -0.417. The van der Waals surface area contributed by atoms with Crippen molar-refractivity contribution in [1.82, 2.24) is 4.90 Å². The highest BCUT2D eigenvalue weighted by atomic mass is 32.2. The standard InChI is InChI=1S/C23H27F3N2O3S/c1-22(2,32(30,31)19-10-6-9-18(15-19)23(24,25)26)17-11-13-28(14-12-17)21(29)20(27)16-7-4-3-5-8-16/h3-10,15,17,20H,11-14,27H2,1-2H3/p+1/t20-/m0/s1.